The van der Waals surface area contributed by atoms with Gasteiger partial charge in [-0.05, 0) is 62.5 Å². The molecule has 0 N–H and O–H groups in total. The molecule has 0 aliphatic carbocycles. The number of hydrogen-bond acceptors (Lipinski definition) is 1. The van der Waals surface area contributed by atoms with E-state index in [1.807, 2.05) is 6.92 Å². The van der Waals surface area contributed by atoms with Crippen molar-refractivity contribution in [2.75, 3.05) is 0 Å². The molecule has 0 heterocycles. The molecule has 0 aliphatic rings. The maximum absolute atomic E-state index is 4.52. The molecule has 0 radical (unpaired) electrons. The molecule has 0 aliphatic heterocycles. The summed E-state index contributed by atoms with van der Waals surface area (Å²) < 4.78 is 0. The summed E-state index contributed by atoms with van der Waals surface area (Å²) in [7, 11) is 0. The van der Waals surface area contributed by atoms with Crippen LogP contribution < -0.4 is 0 Å². The third-order valence-corrected chi connectivity index (χ3v) is 3.62. The topological polar surface area (TPSA) is 0 Å². The lowest BCUT2D eigenvalue weighted by atomic mass is 10.0. The van der Waals surface area contributed by atoms with Crippen LogP contribution in [0.25, 0.3) is 0 Å². The molecule has 0 aromatic heterocycles. The Hall–Kier alpha value is -1.21. The highest BCUT2D eigenvalue weighted by atomic mass is 32.1. The second-order valence-corrected chi connectivity index (χ2v) is 5.24. The van der Waals surface area contributed by atoms with Crippen molar-refractivity contribution in [3.8, 4) is 0 Å². The predicted octanol–water partition coefficient (Wildman–Crippen LogP) is 5.18. The molecule has 0 saturated heterocycles. The second kappa shape index (κ2) is 6.65. The van der Waals surface area contributed by atoms with E-state index >= 15 is 0 Å². The van der Waals surface area contributed by atoms with Gasteiger partial charge in [0.2, 0.25) is 0 Å². The van der Waals surface area contributed by atoms with Crippen LogP contribution >= 0.6 is 12.6 Å². The highest BCUT2D eigenvalue weighted by Gasteiger charge is 2.02. The van der Waals surface area contributed by atoms with Gasteiger partial charge in [0, 0.05) is 4.91 Å². The first kappa shape index (κ1) is 14.8. The Morgan fingerprint density at radius 1 is 1.28 bits per heavy atom. The van der Waals surface area contributed by atoms with E-state index in [1.54, 1.807) is 0 Å². The first-order valence-corrected chi connectivity index (χ1v) is 6.66. The van der Waals surface area contributed by atoms with Crippen LogP contribution in [-0.4, -0.2) is 0 Å². The summed E-state index contributed by atoms with van der Waals surface area (Å²) in [6.07, 6.45) is 4.99. The van der Waals surface area contributed by atoms with Gasteiger partial charge in [-0.3, -0.25) is 0 Å². The molecule has 1 aromatic rings. The number of rotatable bonds is 4. The lowest BCUT2D eigenvalue weighted by Gasteiger charge is -2.08. The fourth-order valence-electron chi connectivity index (χ4n) is 1.65. The van der Waals surface area contributed by atoms with Crippen LogP contribution in [-0.2, 0) is 6.42 Å². The van der Waals surface area contributed by atoms with E-state index < -0.39 is 0 Å². The minimum Gasteiger partial charge on any atom is -0.143 e. The quantitative estimate of drug-likeness (QED) is 0.558. The highest BCUT2D eigenvalue weighted by Crippen LogP contribution is 2.20. The molecule has 0 nitrogen and oxygen atoms in total. The van der Waals surface area contributed by atoms with Crippen molar-refractivity contribution in [1.82, 2.24) is 0 Å². The molecule has 0 amide bonds. The third-order valence-electron chi connectivity index (χ3n) is 3.17. The summed E-state index contributed by atoms with van der Waals surface area (Å²) in [6, 6.07) is 6.55. The molecule has 0 spiro atoms. The van der Waals surface area contributed by atoms with E-state index in [4.69, 9.17) is 0 Å². The molecule has 96 valence electrons. The van der Waals surface area contributed by atoms with E-state index in [-0.39, 0.29) is 0 Å². The van der Waals surface area contributed by atoms with Crippen molar-refractivity contribution in [2.45, 2.75) is 34.1 Å². The number of benzene rings is 1. The first-order chi connectivity index (χ1) is 8.43. The van der Waals surface area contributed by atoms with Crippen LogP contribution in [0.1, 0.15) is 30.5 Å². The Kier molecular flexibility index (Phi) is 5.49. The Morgan fingerprint density at radius 3 is 2.50 bits per heavy atom. The SMILES string of the molecule is C=C(Cc1ccc(C)c(C)c1)/C(S)=C/C(C)=C\C. The number of hydrogen-bond donors (Lipinski definition) is 1. The maximum atomic E-state index is 4.52. The van der Waals surface area contributed by atoms with Crippen molar-refractivity contribution >= 4 is 12.6 Å². The van der Waals surface area contributed by atoms with Crippen LogP contribution in [0.2, 0.25) is 0 Å². The summed E-state index contributed by atoms with van der Waals surface area (Å²) in [4.78, 5) is 0.962. The molecule has 18 heavy (non-hydrogen) atoms. The van der Waals surface area contributed by atoms with Gasteiger partial charge in [0.05, 0.1) is 0 Å². The van der Waals surface area contributed by atoms with Crippen molar-refractivity contribution in [3.63, 3.8) is 0 Å². The second-order valence-electron chi connectivity index (χ2n) is 4.76. The standard InChI is InChI=1S/C17H22S/c1-6-12(2)9-17(18)15(5)11-16-8-7-13(3)14(4)10-16/h6-10,18H,5,11H2,1-4H3/b12-6-,17-9-. The molecular formula is C17H22S. The van der Waals surface area contributed by atoms with Gasteiger partial charge in [0.1, 0.15) is 0 Å². The Balaban J connectivity index is 2.82. The third kappa shape index (κ3) is 4.23. The van der Waals surface area contributed by atoms with E-state index in [0.29, 0.717) is 0 Å². The summed E-state index contributed by atoms with van der Waals surface area (Å²) in [6.45, 7) is 12.5. The van der Waals surface area contributed by atoms with Gasteiger partial charge in [0.15, 0.2) is 0 Å². The first-order valence-electron chi connectivity index (χ1n) is 6.22. The van der Waals surface area contributed by atoms with Crippen LogP contribution in [0.4, 0.5) is 0 Å². The van der Waals surface area contributed by atoms with Gasteiger partial charge in [-0.2, -0.15) is 0 Å². The molecule has 0 atom stereocenters. The molecule has 1 aromatic carbocycles. The van der Waals surface area contributed by atoms with Gasteiger partial charge < -0.3 is 0 Å². The zero-order chi connectivity index (χ0) is 13.7. The Morgan fingerprint density at radius 2 is 1.94 bits per heavy atom. The van der Waals surface area contributed by atoms with Crippen molar-refractivity contribution in [2.24, 2.45) is 0 Å². The Labute approximate surface area is 117 Å². The predicted molar refractivity (Wildman–Crippen MR) is 85.3 cm³/mol. The summed E-state index contributed by atoms with van der Waals surface area (Å²) in [5, 5.41) is 0. The fourth-order valence-corrected chi connectivity index (χ4v) is 1.93. The largest absolute Gasteiger partial charge is 0.143 e. The van der Waals surface area contributed by atoms with Gasteiger partial charge in [-0.1, -0.05) is 36.4 Å². The summed E-state index contributed by atoms with van der Waals surface area (Å²) in [5.74, 6) is 0. The zero-order valence-electron chi connectivity index (χ0n) is 11.7. The van der Waals surface area contributed by atoms with Gasteiger partial charge >= 0.3 is 0 Å². The number of thiol groups is 1. The minimum absolute atomic E-state index is 0.855. The number of allylic oxidation sites excluding steroid dienone is 4. The van der Waals surface area contributed by atoms with Gasteiger partial charge in [-0.15, -0.1) is 12.6 Å². The van der Waals surface area contributed by atoms with E-state index in [9.17, 15) is 0 Å². The average molecular weight is 258 g/mol. The smallest absolute Gasteiger partial charge is 0.00720 e. The van der Waals surface area contributed by atoms with Crippen LogP contribution in [0.3, 0.4) is 0 Å². The summed E-state index contributed by atoms with van der Waals surface area (Å²) >= 11 is 4.52. The van der Waals surface area contributed by atoms with Gasteiger partial charge in [-0.25, -0.2) is 0 Å². The highest BCUT2D eigenvalue weighted by molar-refractivity contribution is 7.84. The molecule has 1 rings (SSSR count). The molecule has 1 heteroatoms. The van der Waals surface area contributed by atoms with Crippen LogP contribution in [0.15, 0.2) is 53.0 Å². The summed E-state index contributed by atoms with van der Waals surface area (Å²) in [5.41, 5.74) is 6.22. The maximum Gasteiger partial charge on any atom is 0.00720 e. The van der Waals surface area contributed by atoms with Crippen molar-refractivity contribution < 1.29 is 0 Å². The normalized spacial score (nSPS) is 12.7. The molecule has 0 saturated carbocycles. The molecule has 0 fully saturated rings. The Bertz CT molecular complexity index is 504. The lowest BCUT2D eigenvalue weighted by molar-refractivity contribution is 1.17. The van der Waals surface area contributed by atoms with Crippen LogP contribution in [0.5, 0.6) is 0 Å². The number of aryl methyl sites for hydroxylation is 2. The molecule has 0 bridgehead atoms. The van der Waals surface area contributed by atoms with Gasteiger partial charge in [0.25, 0.3) is 0 Å². The minimum atomic E-state index is 0.855. The van der Waals surface area contributed by atoms with E-state index in [1.165, 1.54) is 22.3 Å². The fraction of sp³-hybridized carbons (Fsp3) is 0.294. The van der Waals surface area contributed by atoms with E-state index in [0.717, 1.165) is 16.9 Å². The molecular weight excluding hydrogens is 236 g/mol. The van der Waals surface area contributed by atoms with Crippen LogP contribution in [0, 0.1) is 13.8 Å². The van der Waals surface area contributed by atoms with Crippen molar-refractivity contribution in [1.29, 1.82) is 0 Å². The van der Waals surface area contributed by atoms with E-state index in [2.05, 4.69) is 70.3 Å². The molecule has 0 unspecified atom stereocenters. The van der Waals surface area contributed by atoms with Crippen molar-refractivity contribution in [3.05, 3.63) is 69.7 Å². The zero-order valence-corrected chi connectivity index (χ0v) is 12.6. The monoisotopic (exact) mass is 258 g/mol. The lowest BCUT2D eigenvalue weighted by Crippen LogP contribution is -1.92. The average Bonchev–Trinajstić information content (AvgIpc) is 2.33.